The van der Waals surface area contributed by atoms with Crippen molar-refractivity contribution in [2.24, 2.45) is 0 Å². The molecule has 0 fully saturated rings. The Kier molecular flexibility index (Phi) is 11.2. The molecule has 258 valence electrons. The minimum atomic E-state index is -0.699. The summed E-state index contributed by atoms with van der Waals surface area (Å²) in [6, 6.07) is 15.3. The van der Waals surface area contributed by atoms with Crippen LogP contribution in [0.5, 0.6) is 17.2 Å². The summed E-state index contributed by atoms with van der Waals surface area (Å²) in [7, 11) is 4.67. The molecule has 11 nitrogen and oxygen atoms in total. The number of amides is 2. The van der Waals surface area contributed by atoms with Crippen LogP contribution in [0.2, 0.25) is 0 Å². The number of benzene rings is 2. The van der Waals surface area contributed by atoms with E-state index >= 15 is 0 Å². The molecule has 2 amide bonds. The van der Waals surface area contributed by atoms with Crippen LogP contribution in [0.1, 0.15) is 48.3 Å². The summed E-state index contributed by atoms with van der Waals surface area (Å²) in [4.78, 5) is 39.9. The van der Waals surface area contributed by atoms with Crippen LogP contribution in [-0.4, -0.2) is 61.0 Å². The maximum atomic E-state index is 13.9. The van der Waals surface area contributed by atoms with Crippen LogP contribution in [-0.2, 0) is 16.0 Å². The van der Waals surface area contributed by atoms with Crippen LogP contribution >= 0.6 is 11.8 Å². The van der Waals surface area contributed by atoms with Crippen LogP contribution in [0.4, 0.5) is 11.4 Å². The highest BCUT2D eigenvalue weighted by atomic mass is 32.2. The van der Waals surface area contributed by atoms with Crippen LogP contribution in [0, 0.1) is 13.8 Å². The number of aromatic nitrogens is 2. The van der Waals surface area contributed by atoms with E-state index in [-0.39, 0.29) is 22.9 Å². The van der Waals surface area contributed by atoms with Crippen LogP contribution in [0.25, 0.3) is 16.8 Å². The molecule has 1 aliphatic rings. The van der Waals surface area contributed by atoms with Gasteiger partial charge in [0, 0.05) is 23.9 Å². The number of methoxy groups -OCH3 is 3. The molecule has 0 spiro atoms. The number of aryl methyl sites for hydroxylation is 3. The van der Waals surface area contributed by atoms with Gasteiger partial charge in [-0.05, 0) is 110 Å². The van der Waals surface area contributed by atoms with E-state index in [0.29, 0.717) is 59.1 Å². The summed E-state index contributed by atoms with van der Waals surface area (Å²) in [5.74, 6) is 1.64. The van der Waals surface area contributed by atoms with Crippen molar-refractivity contribution in [1.29, 1.82) is 0 Å². The Morgan fingerprint density at radius 2 is 1.73 bits per heavy atom. The molecule has 0 bridgehead atoms. The maximum Gasteiger partial charge on any atom is 0.246 e. The predicted molar refractivity (Wildman–Crippen MR) is 195 cm³/mol. The molecule has 0 saturated heterocycles. The Morgan fingerprint density at radius 1 is 1.00 bits per heavy atom. The zero-order chi connectivity index (χ0) is 35.2. The summed E-state index contributed by atoms with van der Waals surface area (Å²) >= 11 is 1.62. The van der Waals surface area contributed by atoms with E-state index in [0.717, 1.165) is 28.2 Å². The fraction of sp³-hybridized carbons (Fsp3) is 0.351. The van der Waals surface area contributed by atoms with Crippen molar-refractivity contribution in [1.82, 2.24) is 15.1 Å². The number of hydrogen-bond acceptors (Lipinski definition) is 9. The summed E-state index contributed by atoms with van der Waals surface area (Å²) in [5.41, 5.74) is 6.45. The van der Waals surface area contributed by atoms with Gasteiger partial charge in [0.1, 0.15) is 6.04 Å². The van der Waals surface area contributed by atoms with Crippen LogP contribution < -0.4 is 35.6 Å². The highest BCUT2D eigenvalue weighted by Gasteiger charge is 2.30. The van der Waals surface area contributed by atoms with E-state index in [1.165, 1.54) is 6.92 Å². The van der Waals surface area contributed by atoms with E-state index < -0.39 is 12.1 Å². The fourth-order valence-corrected chi connectivity index (χ4v) is 6.80. The molecule has 0 aliphatic heterocycles. The Balaban J connectivity index is 1.52. The SMILES string of the molecule is COc1cc2c(c(OC)c1OC)-c1ccc(N[C@H](CCSC)C(=O)Nc3ccc(-n4nc(C)cc4C)cc3)c(=O)cc1[C@H](NC(C)=O)CC2. The number of thioether (sulfide) groups is 1. The first-order valence-electron chi connectivity index (χ1n) is 16.1. The van der Waals surface area contributed by atoms with E-state index in [1.807, 2.05) is 67.2 Å². The molecule has 1 aliphatic carbocycles. The van der Waals surface area contributed by atoms with E-state index in [9.17, 15) is 14.4 Å². The second-order valence-corrected chi connectivity index (χ2v) is 12.9. The lowest BCUT2D eigenvalue weighted by Crippen LogP contribution is -2.36. The number of nitrogens with zero attached hydrogens (tertiary/aromatic N) is 2. The third-order valence-electron chi connectivity index (χ3n) is 8.56. The lowest BCUT2D eigenvalue weighted by Gasteiger charge is -2.19. The molecular formula is C37H43N5O6S. The van der Waals surface area contributed by atoms with Gasteiger partial charge >= 0.3 is 0 Å². The molecule has 12 heteroatoms. The number of nitrogens with one attached hydrogen (secondary N) is 3. The van der Waals surface area contributed by atoms with Gasteiger partial charge in [0.2, 0.25) is 23.0 Å². The molecule has 4 aromatic rings. The minimum Gasteiger partial charge on any atom is -0.493 e. The first-order chi connectivity index (χ1) is 23.6. The number of fused-ring (bicyclic) bond motifs is 3. The molecular weight excluding hydrogens is 643 g/mol. The van der Waals surface area contributed by atoms with Gasteiger partial charge in [0.25, 0.3) is 0 Å². The van der Waals surface area contributed by atoms with Crippen molar-refractivity contribution in [3.8, 4) is 34.1 Å². The standard InChI is InChI=1S/C37H43N5O6S/c1-21-18-22(2)42(41-21)26-11-9-25(10-12-26)39-37(45)31(16-17-49-7)40-30-15-13-27-28(20-32(30)44)29(38-23(3)43)14-8-24-19-33(46-4)35(47-5)36(48-6)34(24)27/h9-13,15,18-20,29,31H,8,14,16-17H2,1-7H3,(H,38,43)(H,39,45)(H,40,44)/t29-,31-/m1/s1. The molecule has 1 heterocycles. The highest BCUT2D eigenvalue weighted by molar-refractivity contribution is 7.98. The molecule has 0 radical (unpaired) electrons. The smallest absolute Gasteiger partial charge is 0.246 e. The van der Waals surface area contributed by atoms with Gasteiger partial charge in [0.15, 0.2) is 11.5 Å². The van der Waals surface area contributed by atoms with E-state index in [2.05, 4.69) is 21.0 Å². The lowest BCUT2D eigenvalue weighted by molar-refractivity contribution is -0.120. The highest BCUT2D eigenvalue weighted by Crippen LogP contribution is 2.50. The summed E-state index contributed by atoms with van der Waals surface area (Å²) in [5, 5.41) is 13.8. The largest absolute Gasteiger partial charge is 0.493 e. The third-order valence-corrected chi connectivity index (χ3v) is 9.21. The van der Waals surface area contributed by atoms with Crippen molar-refractivity contribution in [2.45, 2.75) is 52.1 Å². The van der Waals surface area contributed by atoms with Crippen molar-refractivity contribution in [2.75, 3.05) is 44.0 Å². The van der Waals surface area contributed by atoms with Crippen molar-refractivity contribution in [3.63, 3.8) is 0 Å². The zero-order valence-electron chi connectivity index (χ0n) is 28.9. The molecule has 0 saturated carbocycles. The molecule has 3 N–H and O–H groups in total. The van der Waals surface area contributed by atoms with E-state index in [1.54, 1.807) is 45.2 Å². The molecule has 49 heavy (non-hydrogen) atoms. The summed E-state index contributed by atoms with van der Waals surface area (Å²) in [6.07, 6.45) is 3.59. The van der Waals surface area contributed by atoms with Gasteiger partial charge in [-0.15, -0.1) is 0 Å². The number of anilines is 2. The van der Waals surface area contributed by atoms with E-state index in [4.69, 9.17) is 14.2 Å². The molecule has 0 unspecified atom stereocenters. The summed E-state index contributed by atoms with van der Waals surface area (Å²) < 4.78 is 19.1. The van der Waals surface area contributed by atoms with Gasteiger partial charge in [0.05, 0.1) is 44.4 Å². The van der Waals surface area contributed by atoms with Gasteiger partial charge in [-0.3, -0.25) is 14.4 Å². The topological polar surface area (TPSA) is 133 Å². The summed E-state index contributed by atoms with van der Waals surface area (Å²) in [6.45, 7) is 5.40. The average molecular weight is 686 g/mol. The number of rotatable bonds is 12. The number of carbonyl (C=O) groups excluding carboxylic acids is 2. The molecule has 1 aromatic heterocycles. The number of carbonyl (C=O) groups is 2. The maximum absolute atomic E-state index is 13.9. The number of ether oxygens (including phenoxy) is 3. The quantitative estimate of drug-likeness (QED) is 0.168. The lowest BCUT2D eigenvalue weighted by atomic mass is 9.95. The monoisotopic (exact) mass is 685 g/mol. The Morgan fingerprint density at radius 3 is 2.35 bits per heavy atom. The van der Waals surface area contributed by atoms with Crippen LogP contribution in [0.15, 0.2) is 59.4 Å². The van der Waals surface area contributed by atoms with Crippen LogP contribution in [0.3, 0.4) is 0 Å². The Bertz CT molecular complexity index is 1910. The molecule has 2 atom stereocenters. The third kappa shape index (κ3) is 7.69. The molecule has 5 rings (SSSR count). The van der Waals surface area contributed by atoms with Gasteiger partial charge in [-0.2, -0.15) is 16.9 Å². The first-order valence-corrected chi connectivity index (χ1v) is 17.4. The van der Waals surface area contributed by atoms with Crippen molar-refractivity contribution < 1.29 is 23.8 Å². The van der Waals surface area contributed by atoms with Gasteiger partial charge < -0.3 is 30.2 Å². The Labute approximate surface area is 290 Å². The second kappa shape index (κ2) is 15.5. The Hall–Kier alpha value is -4.97. The molecule has 3 aromatic carbocycles. The van der Waals surface area contributed by atoms with Crippen molar-refractivity contribution in [3.05, 3.63) is 87.3 Å². The van der Waals surface area contributed by atoms with Crippen molar-refractivity contribution >= 4 is 35.0 Å². The average Bonchev–Trinajstić information content (AvgIpc) is 3.25. The first kappa shape index (κ1) is 35.3. The zero-order valence-corrected chi connectivity index (χ0v) is 29.7. The minimum absolute atomic E-state index is 0.210. The second-order valence-electron chi connectivity index (χ2n) is 11.9. The number of hydrogen-bond donors (Lipinski definition) is 3. The normalized spacial score (nSPS) is 14.1. The predicted octanol–water partition coefficient (Wildman–Crippen LogP) is 5.84. The fourth-order valence-electron chi connectivity index (χ4n) is 6.32. The van der Waals surface area contributed by atoms with Gasteiger partial charge in [-0.1, -0.05) is 6.07 Å². The van der Waals surface area contributed by atoms with Gasteiger partial charge in [-0.25, -0.2) is 4.68 Å².